The highest BCUT2D eigenvalue weighted by Gasteiger charge is 2.58. The molecule has 4 heteroatoms. The van der Waals surface area contributed by atoms with Gasteiger partial charge in [-0.25, -0.2) is 0 Å². The largest absolute Gasteiger partial charge is 0.145 e. The summed E-state index contributed by atoms with van der Waals surface area (Å²) in [7, 11) is -1.50. The minimum atomic E-state index is -1.50. The van der Waals surface area contributed by atoms with Crippen LogP contribution < -0.4 is 4.50 Å². The summed E-state index contributed by atoms with van der Waals surface area (Å²) in [5.41, 5.74) is 24.3. The molecule has 0 saturated carbocycles. The molecule has 0 amide bonds. The van der Waals surface area contributed by atoms with Gasteiger partial charge in [0.15, 0.2) is 0 Å². The lowest BCUT2D eigenvalue weighted by Crippen LogP contribution is -2.34. The van der Waals surface area contributed by atoms with Gasteiger partial charge < -0.3 is 0 Å². The number of thiophene rings is 3. The lowest BCUT2D eigenvalue weighted by molar-refractivity contribution is 0.389. The lowest BCUT2D eigenvalue weighted by Gasteiger charge is -2.40. The van der Waals surface area contributed by atoms with Gasteiger partial charge >= 0.3 is 0 Å². The molecule has 10 rings (SSSR count). The van der Waals surface area contributed by atoms with Crippen molar-refractivity contribution in [2.24, 2.45) is 0 Å². The van der Waals surface area contributed by atoms with E-state index in [2.05, 4.69) is 174 Å². The first kappa shape index (κ1) is 61.3. The normalized spacial score (nSPS) is 14.9. The highest BCUT2D eigenvalue weighted by molar-refractivity contribution is 7.28. The first-order chi connectivity index (χ1) is 40.0. The third kappa shape index (κ3) is 11.9. The number of hydrogen-bond donors (Lipinski definition) is 0. The Morgan fingerprint density at radius 2 is 0.634 bits per heavy atom. The maximum Gasteiger partial charge on any atom is 0.0904 e. The molecule has 0 aliphatic heterocycles. The lowest BCUT2D eigenvalue weighted by atomic mass is 9.63. The Labute approximate surface area is 512 Å². The zero-order chi connectivity index (χ0) is 57.3. The molecule has 7 aromatic rings. The zero-order valence-electron chi connectivity index (χ0n) is 52.8. The van der Waals surface area contributed by atoms with Gasteiger partial charge in [-0.3, -0.25) is 0 Å². The Balaban J connectivity index is 1.40. The van der Waals surface area contributed by atoms with Crippen LogP contribution in [-0.2, 0) is 16.2 Å². The standard InChI is InChI=1S/C78H104S3Si/c1-10-16-22-28-46-76(47-29-23-17-11-2)64-55-58(67-37-35-53-80-67)39-42-61(64)71-73(76)70-60-41-38-57(66-36-34-52-79-66)54-63(60)77(48-30-24-18-12-3,49-31-25-19-13-4)74(70)72-62-43-40-59(68-44-45-69(81-68)82(7,8)9)56-65(62)78(75(71)72,50-32-26-20-14-5)51-33-27-21-15-6/h34-45,52-56H,10-33,46-51H2,1-9H3. The molecule has 0 atom stereocenters. The van der Waals surface area contributed by atoms with E-state index >= 15 is 0 Å². The summed E-state index contributed by atoms with van der Waals surface area (Å²) in [6.45, 7) is 22.1. The van der Waals surface area contributed by atoms with Crippen LogP contribution in [0.1, 0.15) is 268 Å². The quantitative estimate of drug-likeness (QED) is 0.0279. The Hall–Kier alpha value is -3.80. The van der Waals surface area contributed by atoms with Gasteiger partial charge in [-0.2, -0.15) is 0 Å². The van der Waals surface area contributed by atoms with Crippen molar-refractivity contribution >= 4 is 46.6 Å². The second kappa shape index (κ2) is 27.7. The van der Waals surface area contributed by atoms with E-state index < -0.39 is 8.07 Å². The number of fused-ring (bicyclic) bond motifs is 12. The molecule has 0 bridgehead atoms. The number of benzene rings is 4. The summed E-state index contributed by atoms with van der Waals surface area (Å²) in [5.74, 6) is 0. The molecule has 0 radical (unpaired) electrons. The average molecular weight is 1170 g/mol. The molecule has 0 nitrogen and oxygen atoms in total. The van der Waals surface area contributed by atoms with Gasteiger partial charge in [0.2, 0.25) is 0 Å². The number of unbranched alkanes of at least 4 members (excludes halogenated alkanes) is 18. The molecule has 0 spiro atoms. The molecule has 0 fully saturated rings. The molecule has 3 aliphatic rings. The maximum atomic E-state index is 2.84. The van der Waals surface area contributed by atoms with Gasteiger partial charge in [0, 0.05) is 30.9 Å². The van der Waals surface area contributed by atoms with E-state index in [4.69, 9.17) is 0 Å². The summed E-state index contributed by atoms with van der Waals surface area (Å²) in [4.78, 5) is 4.30. The molecule has 0 saturated heterocycles. The first-order valence-corrected chi connectivity index (χ1v) is 40.0. The Kier molecular flexibility index (Phi) is 20.7. The third-order valence-electron chi connectivity index (χ3n) is 20.3. The van der Waals surface area contributed by atoms with Crippen LogP contribution in [0, 0.1) is 0 Å². The highest BCUT2D eigenvalue weighted by Crippen LogP contribution is 2.72. The molecule has 4 aromatic carbocycles. The van der Waals surface area contributed by atoms with Crippen molar-refractivity contribution in [1.82, 2.24) is 0 Å². The molecule has 82 heavy (non-hydrogen) atoms. The van der Waals surface area contributed by atoms with Crippen LogP contribution in [0.15, 0.2) is 102 Å². The number of rotatable bonds is 34. The fraction of sp³-hybridized carbons (Fsp3) is 0.538. The van der Waals surface area contributed by atoms with Gasteiger partial charge in [-0.15, -0.1) is 34.0 Å². The Bertz CT molecular complexity index is 3090. The van der Waals surface area contributed by atoms with E-state index in [1.54, 1.807) is 71.3 Å². The SMILES string of the molecule is CCCCCCC1(CCCCCC)c2cc(-c3cccs3)ccc2-c2c1c1c(c3c2C(CCCCCC)(CCCCCC)c2cc(-c4ccc([Si](C)(C)C)s4)ccc2-3)C(CCCCCC)(CCCCCC)c2cc(-c3cccs3)ccc2-1. The van der Waals surface area contributed by atoms with Crippen molar-refractivity contribution in [1.29, 1.82) is 0 Å². The summed E-state index contributed by atoms with van der Waals surface area (Å²) in [6, 6.07) is 38.7. The summed E-state index contributed by atoms with van der Waals surface area (Å²) in [6.07, 6.45) is 38.4. The molecule has 3 heterocycles. The van der Waals surface area contributed by atoms with Crippen LogP contribution in [0.2, 0.25) is 19.6 Å². The van der Waals surface area contributed by atoms with Crippen LogP contribution >= 0.6 is 34.0 Å². The molecule has 3 aromatic heterocycles. The van der Waals surface area contributed by atoms with Crippen molar-refractivity contribution in [3.63, 3.8) is 0 Å². The highest BCUT2D eigenvalue weighted by atomic mass is 32.1. The maximum absolute atomic E-state index is 2.84. The summed E-state index contributed by atoms with van der Waals surface area (Å²) >= 11 is 5.97. The van der Waals surface area contributed by atoms with Gasteiger partial charge in [0.1, 0.15) is 0 Å². The second-order valence-corrected chi connectivity index (χ2v) is 35.4. The van der Waals surface area contributed by atoms with Crippen molar-refractivity contribution in [2.75, 3.05) is 0 Å². The topological polar surface area (TPSA) is 0 Å². The van der Waals surface area contributed by atoms with Crippen molar-refractivity contribution in [3.05, 3.63) is 135 Å². The number of hydrogen-bond acceptors (Lipinski definition) is 3. The summed E-state index contributed by atoms with van der Waals surface area (Å²) in [5, 5.41) is 4.61. The first-order valence-electron chi connectivity index (χ1n) is 33.9. The molecule has 0 unspecified atom stereocenters. The zero-order valence-corrected chi connectivity index (χ0v) is 56.2. The summed E-state index contributed by atoms with van der Waals surface area (Å²) < 4.78 is 1.62. The smallest absolute Gasteiger partial charge is 0.0904 e. The van der Waals surface area contributed by atoms with E-state index in [-0.39, 0.29) is 16.2 Å². The van der Waals surface area contributed by atoms with E-state index in [1.165, 1.54) is 224 Å². The van der Waals surface area contributed by atoms with Gasteiger partial charge in [0.05, 0.1) is 8.07 Å². The van der Waals surface area contributed by atoms with E-state index in [9.17, 15) is 0 Å². The van der Waals surface area contributed by atoms with Crippen LogP contribution in [0.3, 0.4) is 0 Å². The van der Waals surface area contributed by atoms with Gasteiger partial charge in [0.25, 0.3) is 0 Å². The van der Waals surface area contributed by atoms with Crippen molar-refractivity contribution < 1.29 is 0 Å². The van der Waals surface area contributed by atoms with E-state index in [1.807, 2.05) is 22.7 Å². The van der Waals surface area contributed by atoms with Crippen LogP contribution in [0.5, 0.6) is 0 Å². The monoisotopic (exact) mass is 1160 g/mol. The fourth-order valence-corrected chi connectivity index (χ4v) is 20.5. The van der Waals surface area contributed by atoms with Gasteiger partial charge in [-0.05, 0) is 174 Å². The third-order valence-corrected chi connectivity index (χ3v) is 26.9. The predicted molar refractivity (Wildman–Crippen MR) is 371 cm³/mol. The predicted octanol–water partition coefficient (Wildman–Crippen LogP) is 26.0. The van der Waals surface area contributed by atoms with E-state index in [0.29, 0.717) is 0 Å². The minimum Gasteiger partial charge on any atom is -0.145 e. The Morgan fingerprint density at radius 3 is 0.890 bits per heavy atom. The van der Waals surface area contributed by atoms with Crippen molar-refractivity contribution in [3.8, 4) is 64.7 Å². The molecule has 3 aliphatic carbocycles. The van der Waals surface area contributed by atoms with Gasteiger partial charge in [-0.1, -0.05) is 270 Å². The second-order valence-electron chi connectivity index (χ2n) is 27.0. The Morgan fingerprint density at radius 1 is 0.329 bits per heavy atom. The van der Waals surface area contributed by atoms with Crippen LogP contribution in [-0.4, -0.2) is 8.07 Å². The van der Waals surface area contributed by atoms with Crippen LogP contribution in [0.25, 0.3) is 64.7 Å². The molecule has 0 N–H and O–H groups in total. The molecular weight excluding hydrogens is 1060 g/mol. The fourth-order valence-electron chi connectivity index (χ4n) is 16.2. The molecular formula is C78H104S3Si. The molecule has 438 valence electrons. The van der Waals surface area contributed by atoms with E-state index in [0.717, 1.165) is 0 Å². The minimum absolute atomic E-state index is 0.0942. The average Bonchev–Trinajstić information content (AvgIpc) is 4.23. The van der Waals surface area contributed by atoms with Crippen molar-refractivity contribution in [2.45, 2.75) is 270 Å². The van der Waals surface area contributed by atoms with Crippen LogP contribution in [0.4, 0.5) is 0 Å².